The molecule has 0 aliphatic carbocycles. The van der Waals surface area contributed by atoms with Crippen LogP contribution in [0.4, 0.5) is 0 Å². The molecule has 4 rings (SSSR count). The Morgan fingerprint density at radius 2 is 1.56 bits per heavy atom. The van der Waals surface area contributed by atoms with Gasteiger partial charge in [0.1, 0.15) is 0 Å². The Balaban J connectivity index is 1.43. The molecule has 2 heterocycles. The SMILES string of the molecule is O=S(=O)(c1ccccc1)N1CCN(Cn2cnc3ccccc32)CC1. The summed E-state index contributed by atoms with van der Waals surface area (Å²) in [5, 5.41) is 0. The zero-order valence-corrected chi connectivity index (χ0v) is 14.6. The lowest BCUT2D eigenvalue weighted by Crippen LogP contribution is -2.48. The third-order valence-corrected chi connectivity index (χ3v) is 6.50. The Labute approximate surface area is 147 Å². The highest BCUT2D eigenvalue weighted by molar-refractivity contribution is 7.89. The van der Waals surface area contributed by atoms with Crippen LogP contribution in [0.2, 0.25) is 0 Å². The summed E-state index contributed by atoms with van der Waals surface area (Å²) >= 11 is 0. The van der Waals surface area contributed by atoms with Crippen molar-refractivity contribution >= 4 is 21.1 Å². The first-order chi connectivity index (χ1) is 12.1. The molecule has 0 N–H and O–H groups in total. The van der Waals surface area contributed by atoms with Crippen LogP contribution in [0.1, 0.15) is 0 Å². The van der Waals surface area contributed by atoms with E-state index >= 15 is 0 Å². The number of nitrogens with zero attached hydrogens (tertiary/aromatic N) is 4. The molecule has 1 saturated heterocycles. The van der Waals surface area contributed by atoms with Gasteiger partial charge in [-0.15, -0.1) is 0 Å². The van der Waals surface area contributed by atoms with Crippen LogP contribution in [-0.4, -0.2) is 53.4 Å². The highest BCUT2D eigenvalue weighted by Gasteiger charge is 2.28. The van der Waals surface area contributed by atoms with E-state index in [1.807, 2.05) is 30.6 Å². The molecule has 6 nitrogen and oxygen atoms in total. The molecule has 0 atom stereocenters. The number of para-hydroxylation sites is 2. The Bertz CT molecular complexity index is 961. The first kappa shape index (κ1) is 16.3. The van der Waals surface area contributed by atoms with Crippen LogP contribution in [0.25, 0.3) is 11.0 Å². The van der Waals surface area contributed by atoms with Crippen molar-refractivity contribution in [2.75, 3.05) is 26.2 Å². The largest absolute Gasteiger partial charge is 0.317 e. The van der Waals surface area contributed by atoms with Crippen LogP contribution in [0.5, 0.6) is 0 Å². The third kappa shape index (κ3) is 3.18. The Hall–Kier alpha value is -2.22. The summed E-state index contributed by atoms with van der Waals surface area (Å²) in [5.74, 6) is 0. The second-order valence-electron chi connectivity index (χ2n) is 6.18. The third-order valence-electron chi connectivity index (χ3n) is 4.59. The molecule has 1 aromatic heterocycles. The maximum absolute atomic E-state index is 12.7. The van der Waals surface area contributed by atoms with Crippen molar-refractivity contribution in [2.24, 2.45) is 0 Å². The van der Waals surface area contributed by atoms with E-state index in [1.54, 1.807) is 28.6 Å². The van der Waals surface area contributed by atoms with E-state index in [-0.39, 0.29) is 0 Å². The van der Waals surface area contributed by atoms with Crippen molar-refractivity contribution in [3.63, 3.8) is 0 Å². The molecular formula is C18H20N4O2S. The maximum atomic E-state index is 12.7. The summed E-state index contributed by atoms with van der Waals surface area (Å²) < 4.78 is 29.0. The molecule has 1 fully saturated rings. The van der Waals surface area contributed by atoms with Gasteiger partial charge in [-0.25, -0.2) is 13.4 Å². The van der Waals surface area contributed by atoms with Crippen LogP contribution in [0.15, 0.2) is 65.8 Å². The van der Waals surface area contributed by atoms with Crippen LogP contribution < -0.4 is 0 Å². The molecule has 25 heavy (non-hydrogen) atoms. The molecule has 2 aromatic carbocycles. The number of imidazole rings is 1. The minimum Gasteiger partial charge on any atom is -0.317 e. The summed E-state index contributed by atoms with van der Waals surface area (Å²) in [6.07, 6.45) is 1.84. The molecule has 0 radical (unpaired) electrons. The van der Waals surface area contributed by atoms with E-state index in [0.29, 0.717) is 31.1 Å². The van der Waals surface area contributed by atoms with Gasteiger partial charge in [0.25, 0.3) is 0 Å². The monoisotopic (exact) mass is 356 g/mol. The number of benzene rings is 2. The average molecular weight is 356 g/mol. The molecule has 1 aliphatic heterocycles. The molecule has 0 spiro atoms. The van der Waals surface area contributed by atoms with Crippen molar-refractivity contribution in [3.05, 3.63) is 60.9 Å². The lowest BCUT2D eigenvalue weighted by molar-refractivity contribution is 0.154. The fraction of sp³-hybridized carbons (Fsp3) is 0.278. The first-order valence-electron chi connectivity index (χ1n) is 8.32. The number of aromatic nitrogens is 2. The molecule has 1 aliphatic rings. The molecule has 0 bridgehead atoms. The van der Waals surface area contributed by atoms with E-state index in [4.69, 9.17) is 0 Å². The number of hydrogen-bond donors (Lipinski definition) is 0. The Kier molecular flexibility index (Phi) is 4.29. The fourth-order valence-electron chi connectivity index (χ4n) is 3.19. The highest BCUT2D eigenvalue weighted by Crippen LogP contribution is 2.18. The van der Waals surface area contributed by atoms with Gasteiger partial charge in [0.05, 0.1) is 28.9 Å². The van der Waals surface area contributed by atoms with Crippen LogP contribution in [0, 0.1) is 0 Å². The van der Waals surface area contributed by atoms with Gasteiger partial charge in [0, 0.05) is 26.2 Å². The second kappa shape index (κ2) is 6.59. The van der Waals surface area contributed by atoms with E-state index in [0.717, 1.165) is 17.7 Å². The normalized spacial score (nSPS) is 17.1. The van der Waals surface area contributed by atoms with Crippen molar-refractivity contribution < 1.29 is 8.42 Å². The Morgan fingerprint density at radius 3 is 2.32 bits per heavy atom. The first-order valence-corrected chi connectivity index (χ1v) is 9.76. The minimum absolute atomic E-state index is 0.365. The standard InChI is InChI=1S/C18H20N4O2S/c23-25(24,16-6-2-1-3-7-16)22-12-10-20(11-13-22)15-21-14-19-17-8-4-5-9-18(17)21/h1-9,14H,10-13,15H2. The van der Waals surface area contributed by atoms with Gasteiger partial charge in [-0.2, -0.15) is 4.31 Å². The van der Waals surface area contributed by atoms with E-state index in [2.05, 4.69) is 20.5 Å². The van der Waals surface area contributed by atoms with Crippen molar-refractivity contribution in [3.8, 4) is 0 Å². The lowest BCUT2D eigenvalue weighted by Gasteiger charge is -2.34. The molecule has 0 unspecified atom stereocenters. The summed E-state index contributed by atoms with van der Waals surface area (Å²) in [7, 11) is -3.39. The number of piperazine rings is 1. The summed E-state index contributed by atoms with van der Waals surface area (Å²) in [4.78, 5) is 7.03. The number of rotatable bonds is 4. The molecule has 3 aromatic rings. The predicted octanol–water partition coefficient (Wildman–Crippen LogP) is 2.00. The molecule has 0 saturated carbocycles. The Morgan fingerprint density at radius 1 is 0.880 bits per heavy atom. The number of hydrogen-bond acceptors (Lipinski definition) is 4. The average Bonchev–Trinajstić information content (AvgIpc) is 3.06. The van der Waals surface area contributed by atoms with Gasteiger partial charge in [0.2, 0.25) is 10.0 Å². The highest BCUT2D eigenvalue weighted by atomic mass is 32.2. The molecular weight excluding hydrogens is 336 g/mol. The number of sulfonamides is 1. The maximum Gasteiger partial charge on any atom is 0.243 e. The summed E-state index contributed by atoms with van der Waals surface area (Å²) in [6, 6.07) is 16.7. The van der Waals surface area contributed by atoms with Gasteiger partial charge >= 0.3 is 0 Å². The predicted molar refractivity (Wildman–Crippen MR) is 96.5 cm³/mol. The molecule has 0 amide bonds. The smallest absolute Gasteiger partial charge is 0.243 e. The van der Waals surface area contributed by atoms with Crippen molar-refractivity contribution in [1.29, 1.82) is 0 Å². The topological polar surface area (TPSA) is 58.4 Å². The van der Waals surface area contributed by atoms with Crippen molar-refractivity contribution in [1.82, 2.24) is 18.8 Å². The molecule has 130 valence electrons. The van der Waals surface area contributed by atoms with Crippen LogP contribution in [0.3, 0.4) is 0 Å². The fourth-order valence-corrected chi connectivity index (χ4v) is 4.63. The van der Waals surface area contributed by atoms with Gasteiger partial charge in [-0.1, -0.05) is 30.3 Å². The summed E-state index contributed by atoms with van der Waals surface area (Å²) in [5.41, 5.74) is 2.08. The minimum atomic E-state index is -3.39. The zero-order valence-electron chi connectivity index (χ0n) is 13.8. The summed E-state index contributed by atoms with van der Waals surface area (Å²) in [6.45, 7) is 3.14. The zero-order chi connectivity index (χ0) is 17.3. The number of fused-ring (bicyclic) bond motifs is 1. The quantitative estimate of drug-likeness (QED) is 0.717. The van der Waals surface area contributed by atoms with E-state index in [9.17, 15) is 8.42 Å². The van der Waals surface area contributed by atoms with Crippen molar-refractivity contribution in [2.45, 2.75) is 11.6 Å². The van der Waals surface area contributed by atoms with Crippen LogP contribution >= 0.6 is 0 Å². The van der Waals surface area contributed by atoms with E-state index in [1.165, 1.54) is 0 Å². The van der Waals surface area contributed by atoms with Gasteiger partial charge in [0.15, 0.2) is 0 Å². The van der Waals surface area contributed by atoms with E-state index < -0.39 is 10.0 Å². The van der Waals surface area contributed by atoms with Gasteiger partial charge in [-0.3, -0.25) is 4.90 Å². The molecule has 7 heteroatoms. The lowest BCUT2D eigenvalue weighted by atomic mass is 10.3. The van der Waals surface area contributed by atoms with Gasteiger partial charge in [-0.05, 0) is 24.3 Å². The van der Waals surface area contributed by atoms with Gasteiger partial charge < -0.3 is 4.57 Å². The second-order valence-corrected chi connectivity index (χ2v) is 8.12. The van der Waals surface area contributed by atoms with Crippen LogP contribution in [-0.2, 0) is 16.7 Å².